The maximum atomic E-state index is 12.6. The number of thioether (sulfide) groups is 1. The van der Waals surface area contributed by atoms with Crippen molar-refractivity contribution in [3.05, 3.63) is 82.9 Å². The van der Waals surface area contributed by atoms with Gasteiger partial charge in [-0.1, -0.05) is 42.1 Å². The number of nitro groups is 1. The lowest BCUT2D eigenvalue weighted by molar-refractivity contribution is -0.384. The number of carbonyl (C=O) groups excluding carboxylic acids is 1. The minimum Gasteiger partial charge on any atom is -0.494 e. The van der Waals surface area contributed by atoms with Crippen molar-refractivity contribution in [2.45, 2.75) is 12.1 Å². The number of nitro benzene ring substituents is 1. The number of aromatic nitrogens is 2. The number of benzene rings is 3. The zero-order chi connectivity index (χ0) is 22.5. The number of fused-ring (bicyclic) bond motifs is 1. The molecule has 0 bridgehead atoms. The highest BCUT2D eigenvalue weighted by atomic mass is 32.2. The number of amides is 1. The van der Waals surface area contributed by atoms with Gasteiger partial charge in [-0.25, -0.2) is 4.98 Å². The third kappa shape index (κ3) is 4.57. The molecule has 8 nitrogen and oxygen atoms in total. The first-order valence-electron chi connectivity index (χ1n) is 9.93. The Morgan fingerprint density at radius 1 is 1.12 bits per heavy atom. The van der Waals surface area contributed by atoms with Gasteiger partial charge in [-0.05, 0) is 43.3 Å². The predicted molar refractivity (Wildman–Crippen MR) is 125 cm³/mol. The maximum absolute atomic E-state index is 12.6. The van der Waals surface area contributed by atoms with Crippen LogP contribution in [0.3, 0.4) is 0 Å². The van der Waals surface area contributed by atoms with E-state index < -0.39 is 4.92 Å². The second kappa shape index (κ2) is 9.52. The van der Waals surface area contributed by atoms with Gasteiger partial charge in [-0.3, -0.25) is 19.5 Å². The molecule has 1 amide bonds. The fourth-order valence-electron chi connectivity index (χ4n) is 3.27. The summed E-state index contributed by atoms with van der Waals surface area (Å²) in [6, 6.07) is 21.9. The lowest BCUT2D eigenvalue weighted by Crippen LogP contribution is -2.15. The van der Waals surface area contributed by atoms with E-state index >= 15 is 0 Å². The lowest BCUT2D eigenvalue weighted by Gasteiger charge is -2.10. The number of hydrogen-bond acceptors (Lipinski definition) is 6. The van der Waals surface area contributed by atoms with Gasteiger partial charge >= 0.3 is 0 Å². The number of imidazole rings is 1. The highest BCUT2D eigenvalue weighted by molar-refractivity contribution is 7.99. The predicted octanol–water partition coefficient (Wildman–Crippen LogP) is 5.06. The van der Waals surface area contributed by atoms with Crippen molar-refractivity contribution >= 4 is 40.1 Å². The van der Waals surface area contributed by atoms with E-state index in [-0.39, 0.29) is 23.0 Å². The molecule has 0 radical (unpaired) electrons. The molecule has 1 N–H and O–H groups in total. The maximum Gasteiger partial charge on any atom is 0.296 e. The van der Waals surface area contributed by atoms with Gasteiger partial charge in [0, 0.05) is 5.69 Å². The Kier molecular flexibility index (Phi) is 6.37. The molecule has 9 heteroatoms. The quantitative estimate of drug-likeness (QED) is 0.230. The van der Waals surface area contributed by atoms with Gasteiger partial charge in [0.2, 0.25) is 5.91 Å². The van der Waals surface area contributed by atoms with Gasteiger partial charge < -0.3 is 10.1 Å². The van der Waals surface area contributed by atoms with Crippen LogP contribution in [0.4, 0.5) is 11.4 Å². The average molecular weight is 449 g/mol. The molecule has 0 saturated heterocycles. The van der Waals surface area contributed by atoms with Crippen LogP contribution in [0.1, 0.15) is 6.92 Å². The van der Waals surface area contributed by atoms with Crippen molar-refractivity contribution in [1.29, 1.82) is 0 Å². The first-order chi connectivity index (χ1) is 15.6. The monoisotopic (exact) mass is 448 g/mol. The Morgan fingerprint density at radius 2 is 1.88 bits per heavy atom. The van der Waals surface area contributed by atoms with Crippen LogP contribution in [0, 0.1) is 10.1 Å². The SMILES string of the molecule is CCOc1ccc(NC(=O)CSc2nc3ccccc3n2-c2ccccc2)c([N+](=O)[O-])c1. The van der Waals surface area contributed by atoms with Gasteiger partial charge in [0.15, 0.2) is 5.16 Å². The second-order valence-corrected chi connectivity index (χ2v) is 7.70. The van der Waals surface area contributed by atoms with Crippen LogP contribution < -0.4 is 10.1 Å². The molecule has 3 aromatic carbocycles. The third-order valence-electron chi connectivity index (χ3n) is 4.63. The van der Waals surface area contributed by atoms with Crippen molar-refractivity contribution in [3.8, 4) is 11.4 Å². The van der Waals surface area contributed by atoms with Crippen LogP contribution >= 0.6 is 11.8 Å². The number of carbonyl (C=O) groups is 1. The summed E-state index contributed by atoms with van der Waals surface area (Å²) >= 11 is 1.27. The molecule has 0 saturated carbocycles. The van der Waals surface area contributed by atoms with Crippen LogP contribution in [0.25, 0.3) is 16.7 Å². The van der Waals surface area contributed by atoms with Gasteiger partial charge in [0.05, 0.1) is 34.4 Å². The minimum absolute atomic E-state index is 0.0422. The van der Waals surface area contributed by atoms with Gasteiger partial charge in [-0.15, -0.1) is 0 Å². The van der Waals surface area contributed by atoms with Crippen molar-refractivity contribution in [1.82, 2.24) is 9.55 Å². The Balaban J connectivity index is 1.55. The molecule has 4 aromatic rings. The van der Waals surface area contributed by atoms with E-state index in [4.69, 9.17) is 4.74 Å². The summed E-state index contributed by atoms with van der Waals surface area (Å²) in [6.07, 6.45) is 0. The van der Waals surface area contributed by atoms with E-state index in [9.17, 15) is 14.9 Å². The molecule has 0 unspecified atom stereocenters. The molecule has 1 aromatic heterocycles. The molecule has 4 rings (SSSR count). The Labute approximate surface area is 188 Å². The number of nitrogens with zero attached hydrogens (tertiary/aromatic N) is 3. The molecule has 162 valence electrons. The number of rotatable bonds is 8. The van der Waals surface area contributed by atoms with E-state index in [0.717, 1.165) is 16.7 Å². The molecular weight excluding hydrogens is 428 g/mol. The number of para-hydroxylation sites is 3. The third-order valence-corrected chi connectivity index (χ3v) is 5.57. The van der Waals surface area contributed by atoms with E-state index in [1.54, 1.807) is 13.0 Å². The summed E-state index contributed by atoms with van der Waals surface area (Å²) in [5.41, 5.74) is 2.60. The van der Waals surface area contributed by atoms with Crippen LogP contribution in [0.5, 0.6) is 5.75 Å². The van der Waals surface area contributed by atoms with E-state index in [0.29, 0.717) is 17.5 Å². The Bertz CT molecular complexity index is 1270. The highest BCUT2D eigenvalue weighted by Gasteiger charge is 2.19. The molecule has 0 aliphatic carbocycles. The standard InChI is InChI=1S/C23H20N4O4S/c1-2-31-17-12-13-19(21(14-17)27(29)30)24-22(28)15-32-23-25-18-10-6-7-11-20(18)26(23)16-8-4-3-5-9-16/h3-14H,2,15H2,1H3,(H,24,28). The van der Waals surface area contributed by atoms with Crippen molar-refractivity contribution in [2.24, 2.45) is 0 Å². The van der Waals surface area contributed by atoms with Crippen LogP contribution in [0.2, 0.25) is 0 Å². The van der Waals surface area contributed by atoms with Crippen LogP contribution in [-0.2, 0) is 4.79 Å². The fraction of sp³-hybridized carbons (Fsp3) is 0.130. The first kappa shape index (κ1) is 21.4. The highest BCUT2D eigenvalue weighted by Crippen LogP contribution is 2.31. The van der Waals surface area contributed by atoms with E-state index in [1.807, 2.05) is 59.2 Å². The topological polar surface area (TPSA) is 99.3 Å². The summed E-state index contributed by atoms with van der Waals surface area (Å²) in [4.78, 5) is 28.2. The van der Waals surface area contributed by atoms with Crippen molar-refractivity contribution in [3.63, 3.8) is 0 Å². The zero-order valence-corrected chi connectivity index (χ0v) is 18.0. The van der Waals surface area contributed by atoms with Crippen LogP contribution in [-0.4, -0.2) is 32.7 Å². The summed E-state index contributed by atoms with van der Waals surface area (Å²) in [5, 5.41) is 14.7. The minimum atomic E-state index is -0.542. The molecule has 32 heavy (non-hydrogen) atoms. The van der Waals surface area contributed by atoms with E-state index in [2.05, 4.69) is 10.3 Å². The number of nitrogens with one attached hydrogen (secondary N) is 1. The van der Waals surface area contributed by atoms with Gasteiger partial charge in [0.1, 0.15) is 11.4 Å². The molecule has 0 aliphatic rings. The Hall–Kier alpha value is -3.85. The molecular formula is C23H20N4O4S. The van der Waals surface area contributed by atoms with Gasteiger partial charge in [0.25, 0.3) is 5.69 Å². The number of anilines is 1. The average Bonchev–Trinajstić information content (AvgIpc) is 3.18. The molecule has 0 fully saturated rings. The number of hydrogen-bond donors (Lipinski definition) is 1. The summed E-state index contributed by atoms with van der Waals surface area (Å²) in [6.45, 7) is 2.18. The van der Waals surface area contributed by atoms with Gasteiger partial charge in [-0.2, -0.15) is 0 Å². The zero-order valence-electron chi connectivity index (χ0n) is 17.2. The summed E-state index contributed by atoms with van der Waals surface area (Å²) in [5.74, 6) is 0.0534. The first-order valence-corrected chi connectivity index (χ1v) is 10.9. The van der Waals surface area contributed by atoms with Crippen molar-refractivity contribution < 1.29 is 14.5 Å². The smallest absolute Gasteiger partial charge is 0.296 e. The molecule has 0 spiro atoms. The number of ether oxygens (including phenoxy) is 1. The molecule has 1 heterocycles. The van der Waals surface area contributed by atoms with E-state index in [1.165, 1.54) is 23.9 Å². The second-order valence-electron chi connectivity index (χ2n) is 6.76. The molecule has 0 aliphatic heterocycles. The normalized spacial score (nSPS) is 10.8. The van der Waals surface area contributed by atoms with Crippen molar-refractivity contribution in [2.75, 3.05) is 17.7 Å². The largest absolute Gasteiger partial charge is 0.494 e. The molecule has 0 atom stereocenters. The summed E-state index contributed by atoms with van der Waals surface area (Å²) in [7, 11) is 0. The summed E-state index contributed by atoms with van der Waals surface area (Å²) < 4.78 is 7.31. The van der Waals surface area contributed by atoms with Crippen LogP contribution in [0.15, 0.2) is 78.0 Å². The lowest BCUT2D eigenvalue weighted by atomic mass is 10.2. The fourth-order valence-corrected chi connectivity index (χ4v) is 4.10. The Morgan fingerprint density at radius 3 is 2.62 bits per heavy atom.